The van der Waals surface area contributed by atoms with Gasteiger partial charge in [0.05, 0.1) is 9.93 Å². The lowest BCUT2D eigenvalue weighted by Crippen LogP contribution is -2.17. The molecule has 1 N–H and O–H groups in total. The number of rotatable bonds is 3. The fourth-order valence-corrected chi connectivity index (χ4v) is 2.70. The van der Waals surface area contributed by atoms with Gasteiger partial charge in [-0.1, -0.05) is 47.6 Å². The van der Waals surface area contributed by atoms with Gasteiger partial charge in [0, 0.05) is 0 Å². The molecule has 2 rings (SSSR count). The molecule has 1 aromatic carbocycles. The molecule has 0 aromatic heterocycles. The fourth-order valence-electron chi connectivity index (χ4n) is 1.42. The molecule has 1 aliphatic heterocycles. The standard InChI is InChI=1S/C13H8ClNO2S2/c1-2-5-17-10-4-3-8(6-9(10)14)7-11-12(16)15-13(18)19-11/h1,3-4,6-7H,5H2,(H,15,16,18)/b11-7-. The predicted octanol–water partition coefficient (Wildman–Crippen LogP) is 2.84. The highest BCUT2D eigenvalue weighted by Crippen LogP contribution is 2.29. The van der Waals surface area contributed by atoms with E-state index >= 15 is 0 Å². The fraction of sp³-hybridized carbons (Fsp3) is 0.0769. The molecule has 1 heterocycles. The van der Waals surface area contributed by atoms with Crippen LogP contribution in [0.25, 0.3) is 6.08 Å². The topological polar surface area (TPSA) is 38.3 Å². The molecule has 96 valence electrons. The van der Waals surface area contributed by atoms with E-state index < -0.39 is 0 Å². The Kier molecular flexibility index (Phi) is 4.48. The van der Waals surface area contributed by atoms with Crippen LogP contribution in [0.1, 0.15) is 5.56 Å². The van der Waals surface area contributed by atoms with Crippen molar-refractivity contribution in [3.63, 3.8) is 0 Å². The maximum absolute atomic E-state index is 11.5. The number of nitrogens with one attached hydrogen (secondary N) is 1. The number of thiocarbonyl (C=S) groups is 1. The van der Waals surface area contributed by atoms with Gasteiger partial charge in [0.25, 0.3) is 5.91 Å². The maximum atomic E-state index is 11.5. The van der Waals surface area contributed by atoms with Crippen LogP contribution in [0.15, 0.2) is 23.1 Å². The Balaban J connectivity index is 2.21. The zero-order valence-electron chi connectivity index (χ0n) is 9.60. The predicted molar refractivity (Wildman–Crippen MR) is 82.1 cm³/mol. The average Bonchev–Trinajstić information content (AvgIpc) is 2.67. The molecule has 1 fully saturated rings. The summed E-state index contributed by atoms with van der Waals surface area (Å²) in [6.07, 6.45) is 6.82. The maximum Gasteiger partial charge on any atom is 0.263 e. The molecule has 6 heteroatoms. The Labute approximate surface area is 125 Å². The van der Waals surface area contributed by atoms with E-state index in [-0.39, 0.29) is 12.5 Å². The van der Waals surface area contributed by atoms with Crippen molar-refractivity contribution in [3.8, 4) is 18.1 Å². The lowest BCUT2D eigenvalue weighted by molar-refractivity contribution is -0.115. The first kappa shape index (κ1) is 13.9. The van der Waals surface area contributed by atoms with Crippen molar-refractivity contribution in [2.24, 2.45) is 0 Å². The third kappa shape index (κ3) is 3.51. The number of benzene rings is 1. The minimum Gasteiger partial charge on any atom is -0.479 e. The number of carbonyl (C=O) groups is 1. The molecule has 0 bridgehead atoms. The number of thioether (sulfide) groups is 1. The number of halogens is 1. The van der Waals surface area contributed by atoms with Crippen LogP contribution < -0.4 is 10.1 Å². The highest BCUT2D eigenvalue weighted by Gasteiger charge is 2.21. The second-order valence-electron chi connectivity index (χ2n) is 3.53. The Morgan fingerprint density at radius 1 is 1.58 bits per heavy atom. The van der Waals surface area contributed by atoms with Crippen LogP contribution in [-0.2, 0) is 4.79 Å². The summed E-state index contributed by atoms with van der Waals surface area (Å²) in [6, 6.07) is 5.21. The van der Waals surface area contributed by atoms with Crippen molar-refractivity contribution in [1.29, 1.82) is 0 Å². The van der Waals surface area contributed by atoms with E-state index in [2.05, 4.69) is 11.2 Å². The largest absolute Gasteiger partial charge is 0.479 e. The molecule has 0 aliphatic carbocycles. The number of carbonyl (C=O) groups excluding carboxylic acids is 1. The van der Waals surface area contributed by atoms with Gasteiger partial charge in [-0.25, -0.2) is 0 Å². The van der Waals surface area contributed by atoms with E-state index in [0.29, 0.717) is 20.0 Å². The number of hydrogen-bond donors (Lipinski definition) is 1. The normalized spacial score (nSPS) is 16.3. The minimum absolute atomic E-state index is 0.159. The van der Waals surface area contributed by atoms with Crippen molar-refractivity contribution in [2.45, 2.75) is 0 Å². The Morgan fingerprint density at radius 2 is 2.37 bits per heavy atom. The third-order valence-electron chi connectivity index (χ3n) is 2.21. The summed E-state index contributed by atoms with van der Waals surface area (Å²) in [6.45, 7) is 0.159. The summed E-state index contributed by atoms with van der Waals surface area (Å²) in [5.41, 5.74) is 0.792. The first-order valence-corrected chi connectivity index (χ1v) is 6.81. The van der Waals surface area contributed by atoms with E-state index in [0.717, 1.165) is 5.56 Å². The molecule has 0 spiro atoms. The van der Waals surface area contributed by atoms with Crippen LogP contribution in [-0.4, -0.2) is 16.8 Å². The summed E-state index contributed by atoms with van der Waals surface area (Å²) in [4.78, 5) is 12.1. The summed E-state index contributed by atoms with van der Waals surface area (Å²) in [5, 5.41) is 2.99. The van der Waals surface area contributed by atoms with Gasteiger partial charge >= 0.3 is 0 Å². The third-order valence-corrected chi connectivity index (χ3v) is 3.66. The Bertz CT molecular complexity index is 620. The summed E-state index contributed by atoms with van der Waals surface area (Å²) < 4.78 is 5.71. The van der Waals surface area contributed by atoms with E-state index in [4.69, 9.17) is 35.0 Å². The average molecular weight is 310 g/mol. The van der Waals surface area contributed by atoms with Gasteiger partial charge in [0.15, 0.2) is 0 Å². The highest BCUT2D eigenvalue weighted by atomic mass is 35.5. The molecular weight excluding hydrogens is 302 g/mol. The van der Waals surface area contributed by atoms with Crippen molar-refractivity contribution in [1.82, 2.24) is 5.32 Å². The zero-order valence-corrected chi connectivity index (χ0v) is 12.0. The smallest absolute Gasteiger partial charge is 0.263 e. The van der Waals surface area contributed by atoms with Gasteiger partial charge in [-0.2, -0.15) is 0 Å². The monoisotopic (exact) mass is 309 g/mol. The van der Waals surface area contributed by atoms with Crippen molar-refractivity contribution < 1.29 is 9.53 Å². The molecule has 1 aliphatic rings. The van der Waals surface area contributed by atoms with Crippen LogP contribution in [0, 0.1) is 12.3 Å². The second kappa shape index (κ2) is 6.11. The van der Waals surface area contributed by atoms with Gasteiger partial charge in [-0.15, -0.1) is 6.42 Å². The number of hydrogen-bond acceptors (Lipinski definition) is 4. The molecule has 1 saturated heterocycles. The van der Waals surface area contributed by atoms with E-state index in [1.165, 1.54) is 11.8 Å². The molecule has 1 amide bonds. The highest BCUT2D eigenvalue weighted by molar-refractivity contribution is 8.26. The van der Waals surface area contributed by atoms with E-state index in [1.807, 2.05) is 0 Å². The molecular formula is C13H8ClNO2S2. The minimum atomic E-state index is -0.196. The molecule has 0 atom stereocenters. The lowest BCUT2D eigenvalue weighted by atomic mass is 10.2. The van der Waals surface area contributed by atoms with Crippen LogP contribution in [0.4, 0.5) is 0 Å². The Hall–Kier alpha value is -1.48. The second-order valence-corrected chi connectivity index (χ2v) is 5.66. The number of amides is 1. The SMILES string of the molecule is C#CCOc1ccc(/C=C2\SC(=S)NC2=O)cc1Cl. The first-order chi connectivity index (χ1) is 9.10. The quantitative estimate of drug-likeness (QED) is 0.529. The molecule has 19 heavy (non-hydrogen) atoms. The molecule has 1 aromatic rings. The number of ether oxygens (including phenoxy) is 1. The van der Waals surface area contributed by atoms with Gasteiger partial charge in [0.2, 0.25) is 0 Å². The summed E-state index contributed by atoms with van der Waals surface area (Å²) >= 11 is 12.2. The van der Waals surface area contributed by atoms with Gasteiger partial charge in [-0.05, 0) is 23.8 Å². The van der Waals surface area contributed by atoms with Crippen molar-refractivity contribution in [2.75, 3.05) is 6.61 Å². The molecule has 0 saturated carbocycles. The van der Waals surface area contributed by atoms with E-state index in [1.54, 1.807) is 24.3 Å². The van der Waals surface area contributed by atoms with Gasteiger partial charge in [0.1, 0.15) is 16.7 Å². The molecule has 0 unspecified atom stereocenters. The van der Waals surface area contributed by atoms with Crippen molar-refractivity contribution in [3.05, 3.63) is 33.7 Å². The van der Waals surface area contributed by atoms with Crippen molar-refractivity contribution >= 4 is 51.9 Å². The summed E-state index contributed by atoms with van der Waals surface area (Å²) in [7, 11) is 0. The number of terminal acetylenes is 1. The zero-order chi connectivity index (χ0) is 13.8. The van der Waals surface area contributed by atoms with Gasteiger partial charge < -0.3 is 10.1 Å². The first-order valence-electron chi connectivity index (χ1n) is 5.21. The lowest BCUT2D eigenvalue weighted by Gasteiger charge is -2.05. The Morgan fingerprint density at radius 3 is 2.95 bits per heavy atom. The molecule has 0 radical (unpaired) electrons. The van der Waals surface area contributed by atoms with Crippen LogP contribution >= 0.6 is 35.6 Å². The van der Waals surface area contributed by atoms with Crippen LogP contribution in [0.5, 0.6) is 5.75 Å². The summed E-state index contributed by atoms with van der Waals surface area (Å²) in [5.74, 6) is 2.68. The van der Waals surface area contributed by atoms with Gasteiger partial charge in [-0.3, -0.25) is 4.79 Å². The van der Waals surface area contributed by atoms with Crippen LogP contribution in [0.3, 0.4) is 0 Å². The molecule has 3 nitrogen and oxygen atoms in total. The van der Waals surface area contributed by atoms with E-state index in [9.17, 15) is 4.79 Å². The van der Waals surface area contributed by atoms with Crippen LogP contribution in [0.2, 0.25) is 5.02 Å².